The van der Waals surface area contributed by atoms with Crippen LogP contribution in [0.2, 0.25) is 0 Å². The third-order valence-electron chi connectivity index (χ3n) is 7.24. The third-order valence-corrected chi connectivity index (χ3v) is 7.24. The molecule has 2 heterocycles. The van der Waals surface area contributed by atoms with E-state index in [2.05, 4.69) is 16.7 Å². The van der Waals surface area contributed by atoms with Gasteiger partial charge in [-0.25, -0.2) is 9.07 Å². The van der Waals surface area contributed by atoms with Crippen LogP contribution in [0.5, 0.6) is 5.75 Å². The Morgan fingerprint density at radius 3 is 2.53 bits per heavy atom. The summed E-state index contributed by atoms with van der Waals surface area (Å²) in [7, 11) is 1.59. The number of rotatable bonds is 8. The zero-order valence-electron chi connectivity index (χ0n) is 21.3. The van der Waals surface area contributed by atoms with E-state index in [1.807, 2.05) is 46.8 Å². The highest BCUT2D eigenvalue weighted by Gasteiger charge is 2.36. The fourth-order valence-corrected chi connectivity index (χ4v) is 5.02. The molecule has 2 fully saturated rings. The first-order valence-electron chi connectivity index (χ1n) is 12.8. The Labute approximate surface area is 212 Å². The van der Waals surface area contributed by atoms with Crippen LogP contribution in [0.4, 0.5) is 10.2 Å². The summed E-state index contributed by atoms with van der Waals surface area (Å²) in [6.07, 6.45) is 1.98. The number of aryl methyl sites for hydroxylation is 1. The lowest BCUT2D eigenvalue weighted by Crippen LogP contribution is -2.47. The SMILES string of the molecule is CCN1CCN(c2c(CN(C(=O)c3ccccc3OC)C3CC3)c(C)nn2-c2cccc(F)c2)CC1. The fourth-order valence-electron chi connectivity index (χ4n) is 5.02. The quantitative estimate of drug-likeness (QED) is 0.471. The van der Waals surface area contributed by atoms with Gasteiger partial charge in [-0.15, -0.1) is 0 Å². The molecule has 1 aliphatic carbocycles. The number of para-hydroxylation sites is 1. The average Bonchev–Trinajstić information content (AvgIpc) is 3.70. The van der Waals surface area contributed by atoms with Crippen LogP contribution in [0.1, 0.15) is 41.4 Å². The molecule has 2 aliphatic rings. The molecule has 190 valence electrons. The summed E-state index contributed by atoms with van der Waals surface area (Å²) in [6.45, 7) is 9.24. The van der Waals surface area contributed by atoms with Crippen LogP contribution in [0.25, 0.3) is 5.69 Å². The Morgan fingerprint density at radius 1 is 1.11 bits per heavy atom. The van der Waals surface area contributed by atoms with Crippen molar-refractivity contribution in [3.63, 3.8) is 0 Å². The summed E-state index contributed by atoms with van der Waals surface area (Å²) < 4.78 is 21.5. The first kappa shape index (κ1) is 24.3. The minimum atomic E-state index is -0.296. The van der Waals surface area contributed by atoms with Crippen molar-refractivity contribution >= 4 is 11.7 Å². The maximum atomic E-state index is 14.2. The van der Waals surface area contributed by atoms with E-state index in [1.54, 1.807) is 13.2 Å². The highest BCUT2D eigenvalue weighted by atomic mass is 19.1. The Balaban J connectivity index is 1.54. The molecule has 1 saturated heterocycles. The number of methoxy groups -OCH3 is 1. The molecule has 0 atom stereocenters. The van der Waals surface area contributed by atoms with Crippen LogP contribution in [0.3, 0.4) is 0 Å². The second kappa shape index (κ2) is 10.3. The first-order chi connectivity index (χ1) is 17.5. The number of hydrogen-bond acceptors (Lipinski definition) is 5. The average molecular weight is 492 g/mol. The van der Waals surface area contributed by atoms with Gasteiger partial charge in [0.05, 0.1) is 30.6 Å². The number of carbonyl (C=O) groups is 1. The lowest BCUT2D eigenvalue weighted by atomic mass is 10.1. The number of ether oxygens (including phenoxy) is 1. The van der Waals surface area contributed by atoms with Crippen LogP contribution in [-0.4, -0.2) is 71.4 Å². The monoisotopic (exact) mass is 491 g/mol. The van der Waals surface area contributed by atoms with E-state index in [0.717, 1.165) is 62.6 Å². The summed E-state index contributed by atoms with van der Waals surface area (Å²) in [5, 5.41) is 4.87. The van der Waals surface area contributed by atoms with E-state index in [-0.39, 0.29) is 17.8 Å². The standard InChI is InChI=1S/C28H34FN5O2/c1-4-31-14-16-32(17-15-31)27-25(20(2)30-34(27)23-9-7-8-21(29)18-23)19-33(22-12-13-22)28(35)24-10-5-6-11-26(24)36-3/h5-11,18,22H,4,12-17,19H2,1-3H3. The molecule has 8 heteroatoms. The van der Waals surface area contributed by atoms with Crippen molar-refractivity contribution in [3.8, 4) is 11.4 Å². The number of benzene rings is 2. The molecule has 1 aromatic heterocycles. The number of nitrogens with zero attached hydrogens (tertiary/aromatic N) is 5. The van der Waals surface area contributed by atoms with Gasteiger partial charge in [0.25, 0.3) is 5.91 Å². The summed E-state index contributed by atoms with van der Waals surface area (Å²) in [5.41, 5.74) is 3.12. The predicted molar refractivity (Wildman–Crippen MR) is 138 cm³/mol. The lowest BCUT2D eigenvalue weighted by molar-refractivity contribution is 0.0726. The minimum Gasteiger partial charge on any atom is -0.496 e. The van der Waals surface area contributed by atoms with E-state index in [4.69, 9.17) is 9.84 Å². The summed E-state index contributed by atoms with van der Waals surface area (Å²) in [5.74, 6) is 1.20. The van der Waals surface area contributed by atoms with Gasteiger partial charge in [0.15, 0.2) is 0 Å². The Morgan fingerprint density at radius 2 is 1.86 bits per heavy atom. The van der Waals surface area contributed by atoms with Gasteiger partial charge in [0.2, 0.25) is 0 Å². The molecule has 5 rings (SSSR count). The molecular weight excluding hydrogens is 457 g/mol. The van der Waals surface area contributed by atoms with Crippen LogP contribution in [-0.2, 0) is 6.54 Å². The summed E-state index contributed by atoms with van der Waals surface area (Å²) in [4.78, 5) is 20.5. The number of aromatic nitrogens is 2. The number of halogens is 1. The molecule has 1 saturated carbocycles. The highest BCUT2D eigenvalue weighted by Crippen LogP contribution is 2.36. The maximum Gasteiger partial charge on any atom is 0.258 e. The summed E-state index contributed by atoms with van der Waals surface area (Å²) in [6, 6.07) is 14.1. The van der Waals surface area contributed by atoms with Gasteiger partial charge in [-0.2, -0.15) is 5.10 Å². The number of anilines is 1. The second-order valence-electron chi connectivity index (χ2n) is 9.57. The van der Waals surface area contributed by atoms with Crippen molar-refractivity contribution < 1.29 is 13.9 Å². The van der Waals surface area contributed by atoms with Crippen LogP contribution >= 0.6 is 0 Å². The topological polar surface area (TPSA) is 53.8 Å². The molecule has 0 unspecified atom stereocenters. The number of amides is 1. The van der Waals surface area contributed by atoms with E-state index in [0.29, 0.717) is 23.5 Å². The van der Waals surface area contributed by atoms with Gasteiger partial charge in [-0.1, -0.05) is 25.1 Å². The minimum absolute atomic E-state index is 0.0328. The number of likely N-dealkylation sites (N-methyl/N-ethyl adjacent to an activating group) is 1. The van der Waals surface area contributed by atoms with E-state index >= 15 is 0 Å². The molecule has 3 aromatic rings. The van der Waals surface area contributed by atoms with Crippen molar-refractivity contribution in [2.45, 2.75) is 39.3 Å². The highest BCUT2D eigenvalue weighted by molar-refractivity contribution is 5.97. The zero-order valence-corrected chi connectivity index (χ0v) is 21.3. The van der Waals surface area contributed by atoms with Crippen molar-refractivity contribution in [3.05, 3.63) is 71.2 Å². The van der Waals surface area contributed by atoms with Gasteiger partial charge in [0, 0.05) is 37.8 Å². The number of piperazine rings is 1. The molecular formula is C28H34FN5O2. The van der Waals surface area contributed by atoms with Gasteiger partial charge in [-0.3, -0.25) is 4.79 Å². The predicted octanol–water partition coefficient (Wildman–Crippen LogP) is 4.28. The Bertz CT molecular complexity index is 1230. The molecule has 1 aliphatic heterocycles. The number of hydrogen-bond donors (Lipinski definition) is 0. The van der Waals surface area contributed by atoms with Crippen molar-refractivity contribution in [2.75, 3.05) is 44.7 Å². The molecule has 0 spiro atoms. The number of carbonyl (C=O) groups excluding carboxylic acids is 1. The molecule has 2 aromatic carbocycles. The van der Waals surface area contributed by atoms with Crippen LogP contribution in [0, 0.1) is 12.7 Å². The zero-order chi connectivity index (χ0) is 25.2. The fraction of sp³-hybridized carbons (Fsp3) is 0.429. The van der Waals surface area contributed by atoms with E-state index in [1.165, 1.54) is 12.1 Å². The second-order valence-corrected chi connectivity index (χ2v) is 9.57. The maximum absolute atomic E-state index is 14.2. The van der Waals surface area contributed by atoms with E-state index < -0.39 is 0 Å². The van der Waals surface area contributed by atoms with Crippen molar-refractivity contribution in [1.82, 2.24) is 19.6 Å². The molecule has 1 amide bonds. The van der Waals surface area contributed by atoms with Gasteiger partial charge >= 0.3 is 0 Å². The van der Waals surface area contributed by atoms with Gasteiger partial charge in [0.1, 0.15) is 17.4 Å². The van der Waals surface area contributed by atoms with Crippen molar-refractivity contribution in [1.29, 1.82) is 0 Å². The molecule has 0 N–H and O–H groups in total. The Kier molecular flexibility index (Phi) is 6.96. The molecule has 7 nitrogen and oxygen atoms in total. The van der Waals surface area contributed by atoms with E-state index in [9.17, 15) is 9.18 Å². The smallest absolute Gasteiger partial charge is 0.258 e. The molecule has 0 radical (unpaired) electrons. The largest absolute Gasteiger partial charge is 0.496 e. The third kappa shape index (κ3) is 4.82. The van der Waals surface area contributed by atoms with Gasteiger partial charge in [-0.05, 0) is 56.6 Å². The summed E-state index contributed by atoms with van der Waals surface area (Å²) >= 11 is 0. The van der Waals surface area contributed by atoms with Gasteiger partial charge < -0.3 is 19.4 Å². The van der Waals surface area contributed by atoms with Crippen LogP contribution in [0.15, 0.2) is 48.5 Å². The lowest BCUT2D eigenvalue weighted by Gasteiger charge is -2.36. The first-order valence-corrected chi connectivity index (χ1v) is 12.8. The Hall–Kier alpha value is -3.39. The van der Waals surface area contributed by atoms with Crippen molar-refractivity contribution in [2.24, 2.45) is 0 Å². The molecule has 36 heavy (non-hydrogen) atoms. The van der Waals surface area contributed by atoms with Crippen LogP contribution < -0.4 is 9.64 Å². The molecule has 0 bridgehead atoms. The normalized spacial score (nSPS) is 16.3.